The molecule has 82 valence electrons. The van der Waals surface area contributed by atoms with Crippen LogP contribution in [0.3, 0.4) is 0 Å². The standard InChI is InChI=1S/C11H16N2O2/c1-8(14)13-10-7-9(5-6-12-10)15-11(2,3)4/h5-7H,1-4H3,(H,12,13,14). The number of anilines is 1. The van der Waals surface area contributed by atoms with E-state index < -0.39 is 0 Å². The van der Waals surface area contributed by atoms with E-state index in [2.05, 4.69) is 10.3 Å². The van der Waals surface area contributed by atoms with Crippen molar-refractivity contribution >= 4 is 11.7 Å². The first-order chi connectivity index (χ1) is 6.87. The molecule has 1 N–H and O–H groups in total. The summed E-state index contributed by atoms with van der Waals surface area (Å²) in [6.45, 7) is 7.33. The molecule has 0 radical (unpaired) electrons. The van der Waals surface area contributed by atoms with Crippen LogP contribution in [-0.2, 0) is 4.79 Å². The summed E-state index contributed by atoms with van der Waals surface area (Å²) in [6.07, 6.45) is 1.60. The average molecular weight is 208 g/mol. The molecular formula is C11H16N2O2. The average Bonchev–Trinajstić information content (AvgIpc) is 1.99. The summed E-state index contributed by atoms with van der Waals surface area (Å²) < 4.78 is 5.63. The van der Waals surface area contributed by atoms with Gasteiger partial charge in [-0.25, -0.2) is 4.98 Å². The maximum atomic E-state index is 10.8. The number of hydrogen-bond donors (Lipinski definition) is 1. The molecule has 0 saturated heterocycles. The number of nitrogens with zero attached hydrogens (tertiary/aromatic N) is 1. The maximum absolute atomic E-state index is 10.8. The third-order valence-electron chi connectivity index (χ3n) is 1.46. The number of hydrogen-bond acceptors (Lipinski definition) is 3. The first-order valence-electron chi connectivity index (χ1n) is 4.79. The second-order valence-corrected chi connectivity index (χ2v) is 4.27. The molecule has 0 spiro atoms. The molecule has 1 aromatic heterocycles. The van der Waals surface area contributed by atoms with Crippen molar-refractivity contribution in [2.45, 2.75) is 33.3 Å². The van der Waals surface area contributed by atoms with Crippen LogP contribution >= 0.6 is 0 Å². The molecule has 0 aliphatic carbocycles. The molecule has 0 atom stereocenters. The third kappa shape index (κ3) is 4.44. The van der Waals surface area contributed by atoms with Crippen LogP contribution in [0.5, 0.6) is 5.75 Å². The fourth-order valence-corrected chi connectivity index (χ4v) is 1.08. The summed E-state index contributed by atoms with van der Waals surface area (Å²) in [6, 6.07) is 3.46. The third-order valence-corrected chi connectivity index (χ3v) is 1.46. The zero-order valence-corrected chi connectivity index (χ0v) is 9.50. The van der Waals surface area contributed by atoms with Gasteiger partial charge in [0.15, 0.2) is 0 Å². The summed E-state index contributed by atoms with van der Waals surface area (Å²) >= 11 is 0. The number of nitrogens with one attached hydrogen (secondary N) is 1. The van der Waals surface area contributed by atoms with Gasteiger partial charge in [0, 0.05) is 19.2 Å². The highest BCUT2D eigenvalue weighted by Crippen LogP contribution is 2.19. The summed E-state index contributed by atoms with van der Waals surface area (Å²) in [5, 5.41) is 2.60. The highest BCUT2D eigenvalue weighted by molar-refractivity contribution is 5.87. The van der Waals surface area contributed by atoms with Crippen molar-refractivity contribution in [1.82, 2.24) is 4.98 Å². The topological polar surface area (TPSA) is 51.2 Å². The Kier molecular flexibility index (Phi) is 3.29. The molecule has 0 saturated carbocycles. The quantitative estimate of drug-likeness (QED) is 0.810. The molecule has 0 aliphatic heterocycles. The number of rotatable bonds is 2. The molecule has 0 aromatic carbocycles. The Labute approximate surface area is 89.7 Å². The molecule has 4 heteroatoms. The summed E-state index contributed by atoms with van der Waals surface area (Å²) in [5.74, 6) is 1.06. The van der Waals surface area contributed by atoms with Gasteiger partial charge in [-0.2, -0.15) is 0 Å². The van der Waals surface area contributed by atoms with Crippen molar-refractivity contribution in [3.63, 3.8) is 0 Å². The zero-order valence-electron chi connectivity index (χ0n) is 9.50. The van der Waals surface area contributed by atoms with Gasteiger partial charge in [0.1, 0.15) is 17.2 Å². The van der Waals surface area contributed by atoms with Gasteiger partial charge in [0.25, 0.3) is 0 Å². The Bertz CT molecular complexity index is 356. The number of carbonyl (C=O) groups excluding carboxylic acids is 1. The zero-order chi connectivity index (χ0) is 11.5. The maximum Gasteiger partial charge on any atom is 0.222 e. The molecule has 4 nitrogen and oxygen atoms in total. The minimum absolute atomic E-state index is 0.143. The smallest absolute Gasteiger partial charge is 0.222 e. The lowest BCUT2D eigenvalue weighted by Gasteiger charge is -2.21. The van der Waals surface area contributed by atoms with Gasteiger partial charge in [0.2, 0.25) is 5.91 Å². The minimum atomic E-state index is -0.255. The van der Waals surface area contributed by atoms with Crippen LogP contribution in [0.15, 0.2) is 18.3 Å². The minimum Gasteiger partial charge on any atom is -0.488 e. The predicted octanol–water partition coefficient (Wildman–Crippen LogP) is 2.22. The van der Waals surface area contributed by atoms with Crippen molar-refractivity contribution in [2.24, 2.45) is 0 Å². The Balaban J connectivity index is 2.79. The Morgan fingerprint density at radius 1 is 1.47 bits per heavy atom. The lowest BCUT2D eigenvalue weighted by atomic mass is 10.2. The van der Waals surface area contributed by atoms with Crippen LogP contribution < -0.4 is 10.1 Å². The van der Waals surface area contributed by atoms with Crippen LogP contribution in [0.25, 0.3) is 0 Å². The van der Waals surface area contributed by atoms with Crippen molar-refractivity contribution in [2.75, 3.05) is 5.32 Å². The lowest BCUT2D eigenvalue weighted by Crippen LogP contribution is -2.23. The van der Waals surface area contributed by atoms with E-state index in [4.69, 9.17) is 4.74 Å². The fraction of sp³-hybridized carbons (Fsp3) is 0.455. The van der Waals surface area contributed by atoms with Gasteiger partial charge in [-0.05, 0) is 26.8 Å². The molecule has 0 bridgehead atoms. The van der Waals surface area contributed by atoms with Gasteiger partial charge in [0.05, 0.1) is 0 Å². The van der Waals surface area contributed by atoms with Gasteiger partial charge < -0.3 is 10.1 Å². The van der Waals surface area contributed by atoms with Crippen LogP contribution in [0, 0.1) is 0 Å². The molecule has 0 fully saturated rings. The first kappa shape index (κ1) is 11.5. The van der Waals surface area contributed by atoms with Gasteiger partial charge in [-0.3, -0.25) is 4.79 Å². The van der Waals surface area contributed by atoms with Gasteiger partial charge >= 0.3 is 0 Å². The number of aromatic nitrogens is 1. The monoisotopic (exact) mass is 208 g/mol. The van der Waals surface area contributed by atoms with Crippen molar-refractivity contribution in [1.29, 1.82) is 0 Å². The lowest BCUT2D eigenvalue weighted by molar-refractivity contribution is -0.114. The van der Waals surface area contributed by atoms with Crippen molar-refractivity contribution in [3.05, 3.63) is 18.3 Å². The molecule has 15 heavy (non-hydrogen) atoms. The largest absolute Gasteiger partial charge is 0.488 e. The summed E-state index contributed by atoms with van der Waals surface area (Å²) in [4.78, 5) is 14.8. The van der Waals surface area contributed by atoms with Crippen molar-refractivity contribution in [3.8, 4) is 5.75 Å². The Morgan fingerprint density at radius 3 is 2.67 bits per heavy atom. The van der Waals surface area contributed by atoms with Crippen molar-refractivity contribution < 1.29 is 9.53 Å². The van der Waals surface area contributed by atoms with E-state index in [0.717, 1.165) is 0 Å². The molecule has 0 aliphatic rings. The van der Waals surface area contributed by atoms with E-state index >= 15 is 0 Å². The second-order valence-electron chi connectivity index (χ2n) is 4.27. The predicted molar refractivity (Wildman–Crippen MR) is 58.9 cm³/mol. The number of ether oxygens (including phenoxy) is 1. The number of amides is 1. The highest BCUT2D eigenvalue weighted by atomic mass is 16.5. The SMILES string of the molecule is CC(=O)Nc1cc(OC(C)(C)C)ccn1. The molecule has 1 rings (SSSR count). The Morgan fingerprint density at radius 2 is 2.13 bits per heavy atom. The Hall–Kier alpha value is -1.58. The first-order valence-corrected chi connectivity index (χ1v) is 4.79. The number of carbonyl (C=O) groups is 1. The molecule has 1 aromatic rings. The van der Waals surface area contributed by atoms with E-state index in [9.17, 15) is 4.79 Å². The summed E-state index contributed by atoms with van der Waals surface area (Å²) in [5.41, 5.74) is -0.255. The van der Waals surface area contributed by atoms with E-state index in [-0.39, 0.29) is 11.5 Å². The molecule has 1 amide bonds. The van der Waals surface area contributed by atoms with E-state index in [1.165, 1.54) is 6.92 Å². The van der Waals surface area contributed by atoms with Crippen LogP contribution in [0.2, 0.25) is 0 Å². The van der Waals surface area contributed by atoms with Gasteiger partial charge in [-0.15, -0.1) is 0 Å². The molecular weight excluding hydrogens is 192 g/mol. The van der Waals surface area contributed by atoms with E-state index in [1.807, 2.05) is 20.8 Å². The van der Waals surface area contributed by atoms with E-state index in [0.29, 0.717) is 11.6 Å². The van der Waals surface area contributed by atoms with Crippen LogP contribution in [-0.4, -0.2) is 16.5 Å². The van der Waals surface area contributed by atoms with E-state index in [1.54, 1.807) is 18.3 Å². The normalized spacial score (nSPS) is 10.9. The summed E-state index contributed by atoms with van der Waals surface area (Å²) in [7, 11) is 0. The molecule has 1 heterocycles. The van der Waals surface area contributed by atoms with Crippen LogP contribution in [0.1, 0.15) is 27.7 Å². The van der Waals surface area contributed by atoms with Gasteiger partial charge in [-0.1, -0.05) is 0 Å². The van der Waals surface area contributed by atoms with Crippen LogP contribution in [0.4, 0.5) is 5.82 Å². The highest BCUT2D eigenvalue weighted by Gasteiger charge is 2.12. The number of pyridine rings is 1. The fourth-order valence-electron chi connectivity index (χ4n) is 1.08. The molecule has 0 unspecified atom stereocenters. The second kappa shape index (κ2) is 4.29.